The number of rotatable bonds is 0. The van der Waals surface area contributed by atoms with Gasteiger partial charge < -0.3 is 20.4 Å². The third kappa shape index (κ3) is 4600. The van der Waals surface area contributed by atoms with Crippen molar-refractivity contribution in [2.75, 3.05) is 0 Å². The van der Waals surface area contributed by atoms with Crippen molar-refractivity contribution in [1.82, 2.24) is 0 Å². The molecular formula is C8H16NiO10U+2. The van der Waals surface area contributed by atoms with Gasteiger partial charge in [-0.15, -0.1) is 0 Å². The van der Waals surface area contributed by atoms with Crippen LogP contribution in [0.1, 0.15) is 27.7 Å². The van der Waals surface area contributed by atoms with Gasteiger partial charge in [0.1, 0.15) is 0 Å². The molecule has 0 aliphatic heterocycles. The molecule has 0 radical (unpaired) electrons. The van der Waals surface area contributed by atoms with Gasteiger partial charge in [0.25, 0.3) is 23.9 Å². The van der Waals surface area contributed by atoms with Crippen LogP contribution >= 0.6 is 0 Å². The minimum atomic E-state index is -2.51. The summed E-state index contributed by atoms with van der Waals surface area (Å²) in [5, 5.41) is 29.7. The Labute approximate surface area is 139 Å². The Kier molecular flexibility index (Phi) is 65.8. The van der Waals surface area contributed by atoms with Crippen LogP contribution < -0.4 is 0 Å². The second kappa shape index (κ2) is 36.1. The van der Waals surface area contributed by atoms with Crippen LogP contribution in [0.4, 0.5) is 0 Å². The second-order valence-electron chi connectivity index (χ2n) is 2.16. The quantitative estimate of drug-likeness (QED) is 0.293. The first-order valence-corrected chi connectivity index (χ1v) is 7.52. The molecule has 0 heterocycles. The molecule has 0 aliphatic carbocycles. The third-order valence-corrected chi connectivity index (χ3v) is 0. The van der Waals surface area contributed by atoms with Gasteiger partial charge in [-0.3, -0.25) is 19.2 Å². The van der Waals surface area contributed by atoms with Crippen molar-refractivity contribution < 1.29 is 88.4 Å². The standard InChI is InChI=1S/4C2H4O2.Ni.2O.U/c4*1-2(3)4;;;;/h4*1H3,(H,3,4);;;;/q;;;;+2;;;. The van der Waals surface area contributed by atoms with E-state index >= 15 is 0 Å². The van der Waals surface area contributed by atoms with Crippen molar-refractivity contribution in [3.8, 4) is 0 Å². The average molecular weight is 569 g/mol. The van der Waals surface area contributed by atoms with Crippen LogP contribution in [0.2, 0.25) is 0 Å². The van der Waals surface area contributed by atoms with Crippen molar-refractivity contribution in [2.24, 2.45) is 0 Å². The second-order valence-corrected chi connectivity index (χ2v) is 2.85. The number of hydrogen-bond acceptors (Lipinski definition) is 6. The zero-order chi connectivity index (χ0) is 17.0. The summed E-state index contributed by atoms with van der Waals surface area (Å²) in [5.74, 6) is -3.33. The fourth-order valence-corrected chi connectivity index (χ4v) is 0. The van der Waals surface area contributed by atoms with Crippen LogP contribution in [-0.4, -0.2) is 44.3 Å². The van der Waals surface area contributed by atoms with Crippen LogP contribution in [0.25, 0.3) is 0 Å². The van der Waals surface area contributed by atoms with Gasteiger partial charge in [0, 0.05) is 27.7 Å². The van der Waals surface area contributed by atoms with Crippen molar-refractivity contribution >= 4 is 23.9 Å². The van der Waals surface area contributed by atoms with Gasteiger partial charge in [0.15, 0.2) is 0 Å². The maximum atomic E-state index is 9.00. The van der Waals surface area contributed by atoms with Gasteiger partial charge in [-0.05, 0) is 0 Å². The van der Waals surface area contributed by atoms with Crippen molar-refractivity contribution in [3.63, 3.8) is 0 Å². The molecular weight excluding hydrogens is 553 g/mol. The molecule has 0 rings (SSSR count). The van der Waals surface area contributed by atoms with Crippen molar-refractivity contribution in [1.29, 1.82) is 0 Å². The van der Waals surface area contributed by atoms with Gasteiger partial charge in [-0.2, -0.15) is 0 Å². The molecule has 0 spiro atoms. The van der Waals surface area contributed by atoms with E-state index in [-0.39, 0.29) is 16.5 Å². The van der Waals surface area contributed by atoms with E-state index < -0.39 is 51.7 Å². The summed E-state index contributed by atoms with van der Waals surface area (Å²) in [6.07, 6.45) is 0. The third-order valence-electron chi connectivity index (χ3n) is 0. The van der Waals surface area contributed by atoms with Crippen molar-refractivity contribution in [2.45, 2.75) is 27.7 Å². The first kappa shape index (κ1) is 36.4. The summed E-state index contributed by atoms with van der Waals surface area (Å²) in [5.41, 5.74) is 0. The number of hydrogen-bond donors (Lipinski definition) is 4. The predicted molar refractivity (Wildman–Crippen MR) is 54.6 cm³/mol. The molecule has 12 heteroatoms. The van der Waals surface area contributed by atoms with Crippen LogP contribution in [0, 0.1) is 27.8 Å². The molecule has 0 atom stereocenters. The monoisotopic (exact) mass is 568 g/mol. The van der Waals surface area contributed by atoms with E-state index in [1.807, 2.05) is 0 Å². The van der Waals surface area contributed by atoms with E-state index in [4.69, 9.17) is 44.1 Å². The van der Waals surface area contributed by atoms with Crippen LogP contribution in [-0.2, 0) is 40.1 Å². The summed E-state index contributed by atoms with van der Waals surface area (Å²) in [6, 6.07) is 0. The zero-order valence-electron chi connectivity index (χ0n) is 11.1. The number of carboxylic acid groups (broad SMARTS) is 4. The molecule has 0 bridgehead atoms. The van der Waals surface area contributed by atoms with E-state index in [0.717, 1.165) is 27.7 Å². The number of carbonyl (C=O) groups is 4. The van der Waals surface area contributed by atoms with Gasteiger partial charge in [-0.25, -0.2) is 0 Å². The average Bonchev–Trinajstić information content (AvgIpc) is 1.97. The van der Waals surface area contributed by atoms with E-state index in [1.165, 1.54) is 0 Å². The summed E-state index contributed by atoms with van der Waals surface area (Å²) in [6.45, 7) is 4.33. The first-order chi connectivity index (χ1) is 8.34. The predicted octanol–water partition coefficient (Wildman–Crippen LogP) is 0.124. The van der Waals surface area contributed by atoms with E-state index in [9.17, 15) is 0 Å². The molecule has 0 aromatic carbocycles. The molecule has 0 amide bonds. The molecule has 0 aromatic heterocycles. The van der Waals surface area contributed by atoms with Gasteiger partial charge in [-0.1, -0.05) is 0 Å². The zero-order valence-corrected chi connectivity index (χ0v) is 16.2. The summed E-state index contributed by atoms with van der Waals surface area (Å²) < 4.78 is 17.2. The maximum absolute atomic E-state index is 9.00. The number of carboxylic acids is 4. The van der Waals surface area contributed by atoms with Crippen molar-refractivity contribution in [3.05, 3.63) is 0 Å². The van der Waals surface area contributed by atoms with Gasteiger partial charge in [0.05, 0.1) is 0 Å². The Hall–Kier alpha value is -0.975. The normalized spacial score (nSPS) is 5.40. The molecule has 20 heavy (non-hydrogen) atoms. The Morgan fingerprint density at radius 2 is 0.600 bits per heavy atom. The molecule has 120 valence electrons. The molecule has 0 saturated carbocycles. The summed E-state index contributed by atoms with van der Waals surface area (Å²) in [4.78, 5) is 36.0. The Morgan fingerprint density at radius 3 is 0.600 bits per heavy atom. The Balaban J connectivity index is -0.0000000304. The fraction of sp³-hybridized carbons (Fsp3) is 0.500. The number of aliphatic carboxylic acids is 4. The van der Waals surface area contributed by atoms with E-state index in [1.54, 1.807) is 0 Å². The molecule has 0 fully saturated rings. The topological polar surface area (TPSA) is 183 Å². The molecule has 0 aliphatic rings. The van der Waals surface area contributed by atoms with Gasteiger partial charge >= 0.3 is 48.8 Å². The summed E-state index contributed by atoms with van der Waals surface area (Å²) in [7, 11) is 0. The van der Waals surface area contributed by atoms with Crippen LogP contribution in [0.15, 0.2) is 0 Å². The molecule has 0 saturated heterocycles. The summed E-state index contributed by atoms with van der Waals surface area (Å²) >= 11 is -2.51. The Morgan fingerprint density at radius 1 is 0.600 bits per heavy atom. The molecule has 0 aromatic rings. The first-order valence-electron chi connectivity index (χ1n) is 4.12. The Bertz CT molecular complexity index is 234. The fourth-order valence-electron chi connectivity index (χ4n) is 0. The molecule has 0 unspecified atom stereocenters. The molecule has 4 N–H and O–H groups in total. The molecule has 10 nitrogen and oxygen atoms in total. The van der Waals surface area contributed by atoms with E-state index in [0.29, 0.717) is 0 Å². The van der Waals surface area contributed by atoms with Crippen LogP contribution in [0.5, 0.6) is 0 Å². The van der Waals surface area contributed by atoms with E-state index in [2.05, 4.69) is 0 Å². The minimum absolute atomic E-state index is 0. The SMILES string of the molecule is CC(=O)O.CC(=O)O.CC(=O)O.CC(=O)O.[Ni+2].[O]=[U]=[O]. The van der Waals surface area contributed by atoms with Crippen LogP contribution in [0.3, 0.4) is 0 Å². The van der Waals surface area contributed by atoms with Gasteiger partial charge in [0.2, 0.25) is 0 Å².